The molecule has 0 radical (unpaired) electrons. The molecule has 0 aromatic heterocycles. The summed E-state index contributed by atoms with van der Waals surface area (Å²) in [6.45, 7) is 5.55. The van der Waals surface area contributed by atoms with Crippen molar-refractivity contribution < 1.29 is 22.7 Å². The van der Waals surface area contributed by atoms with Gasteiger partial charge in [0.1, 0.15) is 18.3 Å². The van der Waals surface area contributed by atoms with E-state index in [2.05, 4.69) is 5.32 Å². The summed E-state index contributed by atoms with van der Waals surface area (Å²) in [6.07, 6.45) is 1.04. The number of carbonyl (C=O) groups is 2. The molecule has 0 aliphatic rings. The molecule has 0 fully saturated rings. The Morgan fingerprint density at radius 1 is 1.12 bits per heavy atom. The first-order valence-corrected chi connectivity index (χ1v) is 12.2. The number of nitrogens with zero attached hydrogens (tertiary/aromatic N) is 2. The summed E-state index contributed by atoms with van der Waals surface area (Å²) < 4.78 is 31.3. The fourth-order valence-corrected chi connectivity index (χ4v) is 4.02. The van der Waals surface area contributed by atoms with E-state index in [4.69, 9.17) is 4.74 Å². The largest absolute Gasteiger partial charge is 0.497 e. The first-order valence-electron chi connectivity index (χ1n) is 10.3. The lowest BCUT2D eigenvalue weighted by Crippen LogP contribution is -2.51. The highest BCUT2D eigenvalue weighted by atomic mass is 32.2. The molecule has 0 spiro atoms. The lowest BCUT2D eigenvalue weighted by molar-refractivity contribution is -0.139. The number of likely N-dealkylation sites (N-methyl/N-ethyl adjacent to an activating group) is 1. The fourth-order valence-electron chi connectivity index (χ4n) is 3.17. The van der Waals surface area contributed by atoms with Gasteiger partial charge in [-0.05, 0) is 38.5 Å². The van der Waals surface area contributed by atoms with Crippen LogP contribution >= 0.6 is 0 Å². The van der Waals surface area contributed by atoms with Crippen LogP contribution in [-0.2, 0) is 26.2 Å². The number of methoxy groups -OCH3 is 1. The summed E-state index contributed by atoms with van der Waals surface area (Å²) in [5.41, 5.74) is 2.22. The van der Waals surface area contributed by atoms with Gasteiger partial charge in [-0.2, -0.15) is 0 Å². The molecule has 2 amide bonds. The minimum Gasteiger partial charge on any atom is -0.497 e. The van der Waals surface area contributed by atoms with E-state index >= 15 is 0 Å². The van der Waals surface area contributed by atoms with Crippen LogP contribution in [0.2, 0.25) is 0 Å². The minimum absolute atomic E-state index is 0.174. The number of ether oxygens (including phenoxy) is 1. The summed E-state index contributed by atoms with van der Waals surface area (Å²) in [5, 5.41) is 2.72. The zero-order chi connectivity index (χ0) is 23.9. The molecule has 2 aromatic carbocycles. The van der Waals surface area contributed by atoms with E-state index in [1.807, 2.05) is 31.2 Å². The Labute approximate surface area is 190 Å². The molecule has 32 heavy (non-hydrogen) atoms. The summed E-state index contributed by atoms with van der Waals surface area (Å²) in [5.74, 6) is -0.325. The standard InChI is InChI=1S/C23H31N3O5S/c1-6-24-23(28)18(3)25(15-19-12-10-17(2)11-13-19)22(27)16-26(32(5,29)30)20-8-7-9-21(14-20)31-4/h7-14,18H,6,15-16H2,1-5H3,(H,24,28)/t18-/m1/s1. The fraction of sp³-hybridized carbons (Fsp3) is 0.391. The number of benzene rings is 2. The SMILES string of the molecule is CCNC(=O)[C@@H](C)N(Cc1ccc(C)cc1)C(=O)CN(c1cccc(OC)c1)S(C)(=O)=O. The van der Waals surface area contributed by atoms with Gasteiger partial charge in [0.2, 0.25) is 21.8 Å². The van der Waals surface area contributed by atoms with Gasteiger partial charge in [0.15, 0.2) is 0 Å². The maximum absolute atomic E-state index is 13.4. The normalized spacial score (nSPS) is 12.0. The molecule has 0 saturated carbocycles. The number of hydrogen-bond donors (Lipinski definition) is 1. The minimum atomic E-state index is -3.78. The maximum atomic E-state index is 13.4. The van der Waals surface area contributed by atoms with Crippen LogP contribution in [-0.4, -0.2) is 57.6 Å². The van der Waals surface area contributed by atoms with E-state index in [-0.39, 0.29) is 12.5 Å². The molecule has 174 valence electrons. The van der Waals surface area contributed by atoms with Gasteiger partial charge in [-0.25, -0.2) is 8.42 Å². The van der Waals surface area contributed by atoms with E-state index in [0.29, 0.717) is 18.0 Å². The highest BCUT2D eigenvalue weighted by Crippen LogP contribution is 2.23. The lowest BCUT2D eigenvalue weighted by atomic mass is 10.1. The number of carbonyl (C=O) groups excluding carboxylic acids is 2. The number of sulfonamides is 1. The number of anilines is 1. The molecule has 2 aromatic rings. The number of nitrogens with one attached hydrogen (secondary N) is 1. The molecule has 9 heteroatoms. The Hall–Kier alpha value is -3.07. The Balaban J connectivity index is 2.38. The average molecular weight is 462 g/mol. The summed E-state index contributed by atoms with van der Waals surface area (Å²) in [7, 11) is -2.30. The molecule has 0 aliphatic carbocycles. The highest BCUT2D eigenvalue weighted by Gasteiger charge is 2.30. The second-order valence-electron chi connectivity index (χ2n) is 7.55. The van der Waals surface area contributed by atoms with Gasteiger partial charge in [-0.15, -0.1) is 0 Å². The summed E-state index contributed by atoms with van der Waals surface area (Å²) in [6, 6.07) is 13.3. The van der Waals surface area contributed by atoms with Crippen molar-refractivity contribution in [1.82, 2.24) is 10.2 Å². The van der Waals surface area contributed by atoms with Crippen molar-refractivity contribution in [2.24, 2.45) is 0 Å². The molecular formula is C23H31N3O5S. The van der Waals surface area contributed by atoms with Gasteiger partial charge in [0, 0.05) is 19.2 Å². The van der Waals surface area contributed by atoms with Gasteiger partial charge in [-0.1, -0.05) is 35.9 Å². The summed E-state index contributed by atoms with van der Waals surface area (Å²) in [4.78, 5) is 27.3. The zero-order valence-corrected chi connectivity index (χ0v) is 20.0. The van der Waals surface area contributed by atoms with Crippen molar-refractivity contribution in [2.45, 2.75) is 33.4 Å². The number of rotatable bonds is 10. The van der Waals surface area contributed by atoms with E-state index in [1.165, 1.54) is 12.0 Å². The van der Waals surface area contributed by atoms with E-state index in [0.717, 1.165) is 21.7 Å². The van der Waals surface area contributed by atoms with Crippen molar-refractivity contribution in [3.05, 3.63) is 59.7 Å². The van der Waals surface area contributed by atoms with Crippen LogP contribution in [0.5, 0.6) is 5.75 Å². The molecule has 0 heterocycles. The second kappa shape index (κ2) is 11.0. The molecule has 0 unspecified atom stereocenters. The highest BCUT2D eigenvalue weighted by molar-refractivity contribution is 7.92. The number of hydrogen-bond acceptors (Lipinski definition) is 5. The Bertz CT molecular complexity index is 1040. The Morgan fingerprint density at radius 2 is 1.78 bits per heavy atom. The third-order valence-corrected chi connectivity index (χ3v) is 6.15. The van der Waals surface area contributed by atoms with Crippen molar-refractivity contribution >= 4 is 27.5 Å². The molecular weight excluding hydrogens is 430 g/mol. The summed E-state index contributed by atoms with van der Waals surface area (Å²) >= 11 is 0. The van der Waals surface area contributed by atoms with Crippen molar-refractivity contribution in [2.75, 3.05) is 30.8 Å². The predicted octanol–water partition coefficient (Wildman–Crippen LogP) is 2.32. The van der Waals surface area contributed by atoms with Gasteiger partial charge in [0.25, 0.3) is 0 Å². The third-order valence-electron chi connectivity index (χ3n) is 5.01. The molecule has 2 rings (SSSR count). The van der Waals surface area contributed by atoms with Crippen LogP contribution in [0.15, 0.2) is 48.5 Å². The van der Waals surface area contributed by atoms with E-state index in [1.54, 1.807) is 38.1 Å². The van der Waals surface area contributed by atoms with Gasteiger partial charge >= 0.3 is 0 Å². The molecule has 1 N–H and O–H groups in total. The molecule has 0 aliphatic heterocycles. The molecule has 1 atom stereocenters. The monoisotopic (exact) mass is 461 g/mol. The van der Waals surface area contributed by atoms with E-state index in [9.17, 15) is 18.0 Å². The quantitative estimate of drug-likeness (QED) is 0.586. The predicted molar refractivity (Wildman–Crippen MR) is 125 cm³/mol. The number of aryl methyl sites for hydroxylation is 1. The van der Waals surface area contributed by atoms with Gasteiger partial charge < -0.3 is 15.0 Å². The smallest absolute Gasteiger partial charge is 0.244 e. The van der Waals surface area contributed by atoms with Crippen LogP contribution in [0.1, 0.15) is 25.0 Å². The Morgan fingerprint density at radius 3 is 2.34 bits per heavy atom. The molecule has 0 bridgehead atoms. The second-order valence-corrected chi connectivity index (χ2v) is 9.46. The van der Waals surface area contributed by atoms with Crippen molar-refractivity contribution in [3.63, 3.8) is 0 Å². The van der Waals surface area contributed by atoms with Crippen molar-refractivity contribution in [3.8, 4) is 5.75 Å². The van der Waals surface area contributed by atoms with Crippen LogP contribution in [0, 0.1) is 6.92 Å². The molecule has 8 nitrogen and oxygen atoms in total. The Kier molecular flexibility index (Phi) is 8.65. The number of amides is 2. The lowest BCUT2D eigenvalue weighted by Gasteiger charge is -2.31. The average Bonchev–Trinajstić information content (AvgIpc) is 2.75. The van der Waals surface area contributed by atoms with Crippen LogP contribution in [0.4, 0.5) is 5.69 Å². The van der Waals surface area contributed by atoms with Crippen LogP contribution in [0.25, 0.3) is 0 Å². The van der Waals surface area contributed by atoms with E-state index < -0.39 is 28.5 Å². The van der Waals surface area contributed by atoms with Crippen molar-refractivity contribution in [1.29, 1.82) is 0 Å². The topological polar surface area (TPSA) is 96.0 Å². The van der Waals surface area contributed by atoms with Gasteiger partial charge in [-0.3, -0.25) is 13.9 Å². The van der Waals surface area contributed by atoms with Gasteiger partial charge in [0.05, 0.1) is 19.1 Å². The van der Waals surface area contributed by atoms with Crippen LogP contribution in [0.3, 0.4) is 0 Å². The van der Waals surface area contributed by atoms with Crippen LogP contribution < -0.4 is 14.4 Å². The maximum Gasteiger partial charge on any atom is 0.244 e. The first kappa shape index (κ1) is 25.2. The first-order chi connectivity index (χ1) is 15.1. The molecule has 0 saturated heterocycles. The zero-order valence-electron chi connectivity index (χ0n) is 19.2. The third kappa shape index (κ3) is 6.71.